The van der Waals surface area contributed by atoms with Crippen LogP contribution in [0.4, 0.5) is 8.78 Å². The fourth-order valence-electron chi connectivity index (χ4n) is 1.83. The molecule has 1 saturated heterocycles. The molecule has 1 aliphatic rings. The Kier molecular flexibility index (Phi) is 3.00. The Labute approximate surface area is 88.1 Å². The highest BCUT2D eigenvalue weighted by molar-refractivity contribution is 5.19. The first kappa shape index (κ1) is 10.6. The van der Waals surface area contributed by atoms with E-state index in [1.807, 2.05) is 0 Å². The van der Waals surface area contributed by atoms with E-state index in [1.165, 1.54) is 0 Å². The van der Waals surface area contributed by atoms with Gasteiger partial charge in [-0.2, -0.15) is 0 Å². The van der Waals surface area contributed by atoms with Crippen LogP contribution in [0.25, 0.3) is 0 Å². The maximum atomic E-state index is 13.2. The smallest absolute Gasteiger partial charge is 0.162 e. The van der Waals surface area contributed by atoms with Gasteiger partial charge in [0.15, 0.2) is 11.6 Å². The van der Waals surface area contributed by atoms with Gasteiger partial charge in [-0.25, -0.2) is 8.78 Å². The molecule has 0 aliphatic carbocycles. The number of benzene rings is 1. The minimum absolute atomic E-state index is 0.248. The minimum atomic E-state index is -0.767. The standard InChI is InChI=1S/C12H14F2O/c1-2-10-11(15-10)7-6-8-4-3-5-9(13)12(8)14/h3-5,10-11H,2,6-7H2,1H3. The van der Waals surface area contributed by atoms with E-state index in [4.69, 9.17) is 4.74 Å². The molecule has 0 N–H and O–H groups in total. The van der Waals surface area contributed by atoms with Crippen molar-refractivity contribution in [1.29, 1.82) is 0 Å². The molecule has 0 saturated carbocycles. The molecule has 1 aromatic rings. The lowest BCUT2D eigenvalue weighted by molar-refractivity contribution is 0.359. The van der Waals surface area contributed by atoms with Crippen molar-refractivity contribution < 1.29 is 13.5 Å². The minimum Gasteiger partial charge on any atom is -0.370 e. The van der Waals surface area contributed by atoms with E-state index in [9.17, 15) is 8.78 Å². The van der Waals surface area contributed by atoms with Crippen molar-refractivity contribution in [3.05, 3.63) is 35.4 Å². The van der Waals surface area contributed by atoms with Gasteiger partial charge in [-0.15, -0.1) is 0 Å². The summed E-state index contributed by atoms with van der Waals surface area (Å²) in [4.78, 5) is 0. The SMILES string of the molecule is CCC1OC1CCc1cccc(F)c1F. The van der Waals surface area contributed by atoms with Gasteiger partial charge in [0.2, 0.25) is 0 Å². The molecule has 0 bridgehead atoms. The summed E-state index contributed by atoms with van der Waals surface area (Å²) in [6, 6.07) is 4.31. The van der Waals surface area contributed by atoms with Crippen molar-refractivity contribution in [2.24, 2.45) is 0 Å². The maximum absolute atomic E-state index is 13.2. The van der Waals surface area contributed by atoms with Gasteiger partial charge in [0.1, 0.15) is 0 Å². The molecule has 0 radical (unpaired) electrons. The van der Waals surface area contributed by atoms with Crippen LogP contribution in [0.2, 0.25) is 0 Å². The fraction of sp³-hybridized carbons (Fsp3) is 0.500. The average Bonchev–Trinajstić information content (AvgIpc) is 2.99. The molecule has 1 aromatic carbocycles. The summed E-state index contributed by atoms with van der Waals surface area (Å²) in [6.07, 6.45) is 2.90. The molecule has 1 heterocycles. The molecule has 15 heavy (non-hydrogen) atoms. The number of rotatable bonds is 4. The van der Waals surface area contributed by atoms with E-state index in [0.29, 0.717) is 18.1 Å². The van der Waals surface area contributed by atoms with Gasteiger partial charge >= 0.3 is 0 Å². The van der Waals surface area contributed by atoms with Crippen LogP contribution >= 0.6 is 0 Å². The number of aryl methyl sites for hydroxylation is 1. The highest BCUT2D eigenvalue weighted by Gasteiger charge is 2.36. The second-order valence-corrected chi connectivity index (χ2v) is 3.87. The third kappa shape index (κ3) is 2.34. The predicted octanol–water partition coefficient (Wildman–Crippen LogP) is 3.07. The van der Waals surface area contributed by atoms with Gasteiger partial charge in [-0.3, -0.25) is 0 Å². The quantitative estimate of drug-likeness (QED) is 0.699. The summed E-state index contributed by atoms with van der Waals surface area (Å²) in [7, 11) is 0. The van der Waals surface area contributed by atoms with E-state index in [0.717, 1.165) is 18.9 Å². The summed E-state index contributed by atoms with van der Waals surface area (Å²) in [5, 5.41) is 0. The van der Waals surface area contributed by atoms with Crippen molar-refractivity contribution in [2.75, 3.05) is 0 Å². The van der Waals surface area contributed by atoms with Crippen LogP contribution in [0.5, 0.6) is 0 Å². The third-order valence-corrected chi connectivity index (χ3v) is 2.82. The average molecular weight is 212 g/mol. The third-order valence-electron chi connectivity index (χ3n) is 2.82. The molecule has 3 heteroatoms. The topological polar surface area (TPSA) is 12.5 Å². The van der Waals surface area contributed by atoms with Crippen molar-refractivity contribution in [3.8, 4) is 0 Å². The largest absolute Gasteiger partial charge is 0.370 e. The number of halogens is 2. The molecule has 2 atom stereocenters. The molecule has 2 unspecified atom stereocenters. The Morgan fingerprint density at radius 2 is 2.07 bits per heavy atom. The summed E-state index contributed by atoms with van der Waals surface area (Å²) in [5.41, 5.74) is 0.445. The Morgan fingerprint density at radius 3 is 2.73 bits per heavy atom. The van der Waals surface area contributed by atoms with Gasteiger partial charge in [-0.1, -0.05) is 19.1 Å². The number of hydrogen-bond acceptors (Lipinski definition) is 1. The Morgan fingerprint density at radius 1 is 1.27 bits per heavy atom. The Hall–Kier alpha value is -0.960. The molecule has 1 nitrogen and oxygen atoms in total. The molecular weight excluding hydrogens is 198 g/mol. The van der Waals surface area contributed by atoms with Crippen LogP contribution in [0, 0.1) is 11.6 Å². The zero-order chi connectivity index (χ0) is 10.8. The monoisotopic (exact) mass is 212 g/mol. The number of ether oxygens (including phenoxy) is 1. The molecule has 0 aromatic heterocycles. The van der Waals surface area contributed by atoms with Crippen LogP contribution in [0.15, 0.2) is 18.2 Å². The van der Waals surface area contributed by atoms with Crippen LogP contribution in [-0.4, -0.2) is 12.2 Å². The molecule has 0 amide bonds. The maximum Gasteiger partial charge on any atom is 0.162 e. The van der Waals surface area contributed by atoms with Crippen molar-refractivity contribution in [1.82, 2.24) is 0 Å². The first-order valence-electron chi connectivity index (χ1n) is 5.30. The van der Waals surface area contributed by atoms with Crippen LogP contribution in [-0.2, 0) is 11.2 Å². The van der Waals surface area contributed by atoms with E-state index in [-0.39, 0.29) is 6.10 Å². The lowest BCUT2D eigenvalue weighted by Gasteiger charge is -2.01. The van der Waals surface area contributed by atoms with Crippen molar-refractivity contribution >= 4 is 0 Å². The van der Waals surface area contributed by atoms with Crippen LogP contribution in [0.1, 0.15) is 25.3 Å². The fourth-order valence-corrected chi connectivity index (χ4v) is 1.83. The van der Waals surface area contributed by atoms with E-state index < -0.39 is 11.6 Å². The van der Waals surface area contributed by atoms with Crippen molar-refractivity contribution in [3.63, 3.8) is 0 Å². The van der Waals surface area contributed by atoms with Crippen LogP contribution < -0.4 is 0 Å². The summed E-state index contributed by atoms with van der Waals surface area (Å²) in [6.45, 7) is 2.06. The zero-order valence-electron chi connectivity index (χ0n) is 8.67. The first-order chi connectivity index (χ1) is 7.22. The molecule has 82 valence electrons. The highest BCUT2D eigenvalue weighted by atomic mass is 19.2. The second-order valence-electron chi connectivity index (χ2n) is 3.87. The lowest BCUT2D eigenvalue weighted by atomic mass is 10.1. The van der Waals surface area contributed by atoms with Gasteiger partial charge in [-0.05, 0) is 30.9 Å². The Bertz CT molecular complexity index is 351. The summed E-state index contributed by atoms with van der Waals surface area (Å²) in [5.74, 6) is -1.48. The van der Waals surface area contributed by atoms with Crippen LogP contribution in [0.3, 0.4) is 0 Å². The van der Waals surface area contributed by atoms with E-state index in [1.54, 1.807) is 12.1 Å². The van der Waals surface area contributed by atoms with Gasteiger partial charge in [0.25, 0.3) is 0 Å². The number of epoxide rings is 1. The zero-order valence-corrected chi connectivity index (χ0v) is 8.67. The van der Waals surface area contributed by atoms with E-state index >= 15 is 0 Å². The van der Waals surface area contributed by atoms with Gasteiger partial charge in [0, 0.05) is 0 Å². The Balaban J connectivity index is 1.91. The van der Waals surface area contributed by atoms with Gasteiger partial charge < -0.3 is 4.74 Å². The highest BCUT2D eigenvalue weighted by Crippen LogP contribution is 2.29. The summed E-state index contributed by atoms with van der Waals surface area (Å²) >= 11 is 0. The molecule has 1 aliphatic heterocycles. The second kappa shape index (κ2) is 4.27. The normalized spacial score (nSPS) is 24.2. The predicted molar refractivity (Wildman–Crippen MR) is 53.6 cm³/mol. The van der Waals surface area contributed by atoms with Crippen molar-refractivity contribution in [2.45, 2.75) is 38.4 Å². The molecule has 0 spiro atoms. The summed E-state index contributed by atoms with van der Waals surface area (Å²) < 4.78 is 31.4. The van der Waals surface area contributed by atoms with E-state index in [2.05, 4.69) is 6.92 Å². The molecule has 1 fully saturated rings. The molecular formula is C12H14F2O. The van der Waals surface area contributed by atoms with Gasteiger partial charge in [0.05, 0.1) is 12.2 Å². The first-order valence-corrected chi connectivity index (χ1v) is 5.30. The lowest BCUT2D eigenvalue weighted by Crippen LogP contribution is -1.99. The molecule has 2 rings (SSSR count). The number of hydrogen-bond donors (Lipinski definition) is 0.